The summed E-state index contributed by atoms with van der Waals surface area (Å²) in [5.74, 6) is 1.47. The Hall–Kier alpha value is -2.53. The van der Waals surface area contributed by atoms with Crippen LogP contribution in [0.4, 0.5) is 5.13 Å². The molecule has 33 heavy (non-hydrogen) atoms. The Morgan fingerprint density at radius 1 is 1.21 bits per heavy atom. The lowest BCUT2D eigenvalue weighted by molar-refractivity contribution is 0.0326. The van der Waals surface area contributed by atoms with Crippen LogP contribution < -0.4 is 15.2 Å². The van der Waals surface area contributed by atoms with Crippen molar-refractivity contribution in [3.8, 4) is 5.75 Å². The van der Waals surface area contributed by atoms with E-state index in [9.17, 15) is 9.90 Å². The number of ether oxygens (including phenoxy) is 2. The summed E-state index contributed by atoms with van der Waals surface area (Å²) in [7, 11) is 1.76. The van der Waals surface area contributed by atoms with E-state index in [-0.39, 0.29) is 18.2 Å². The molecule has 2 saturated heterocycles. The first kappa shape index (κ1) is 22.3. The van der Waals surface area contributed by atoms with Crippen LogP contribution in [0.1, 0.15) is 18.7 Å². The van der Waals surface area contributed by atoms with Crippen molar-refractivity contribution >= 4 is 26.8 Å². The molecule has 0 radical (unpaired) electrons. The lowest BCUT2D eigenvalue weighted by Crippen LogP contribution is -2.42. The van der Waals surface area contributed by atoms with Gasteiger partial charge in [0.05, 0.1) is 25.8 Å². The second kappa shape index (κ2) is 9.76. The highest BCUT2D eigenvalue weighted by atomic mass is 32.1. The predicted octanol–water partition coefficient (Wildman–Crippen LogP) is 1.63. The largest absolute Gasteiger partial charge is 0.491 e. The smallest absolute Gasteiger partial charge is 0.280 e. The number of aromatic nitrogens is 3. The van der Waals surface area contributed by atoms with E-state index in [1.807, 2.05) is 30.3 Å². The molecule has 0 bridgehead atoms. The maximum atomic E-state index is 13.0. The Morgan fingerprint density at radius 3 is 2.79 bits per heavy atom. The Balaban J connectivity index is 1.35. The molecule has 0 saturated carbocycles. The molecule has 2 fully saturated rings. The van der Waals surface area contributed by atoms with Gasteiger partial charge in [0.25, 0.3) is 5.56 Å². The zero-order valence-corrected chi connectivity index (χ0v) is 19.5. The predicted molar refractivity (Wildman–Crippen MR) is 127 cm³/mol. The highest BCUT2D eigenvalue weighted by Gasteiger charge is 2.33. The minimum Gasteiger partial charge on any atom is -0.491 e. The van der Waals surface area contributed by atoms with Crippen molar-refractivity contribution in [2.45, 2.75) is 31.5 Å². The third kappa shape index (κ3) is 4.74. The molecule has 1 unspecified atom stereocenters. The fraction of sp³-hybridized carbons (Fsp3) is 0.522. The van der Waals surface area contributed by atoms with Gasteiger partial charge in [0.2, 0.25) is 0 Å². The molecule has 2 aliphatic heterocycles. The number of aliphatic hydroxyl groups excluding tert-OH is 1. The highest BCUT2D eigenvalue weighted by Crippen LogP contribution is 2.33. The monoisotopic (exact) mass is 471 g/mol. The summed E-state index contributed by atoms with van der Waals surface area (Å²) < 4.78 is 12.8. The Bertz CT molecular complexity index is 1140. The molecule has 9 nitrogen and oxygen atoms in total. The van der Waals surface area contributed by atoms with Gasteiger partial charge >= 0.3 is 0 Å². The van der Waals surface area contributed by atoms with Crippen molar-refractivity contribution in [1.82, 2.24) is 19.4 Å². The van der Waals surface area contributed by atoms with Crippen LogP contribution >= 0.6 is 11.3 Å². The average molecular weight is 472 g/mol. The van der Waals surface area contributed by atoms with Crippen LogP contribution in [0.25, 0.3) is 10.3 Å². The molecule has 0 spiro atoms. The minimum absolute atomic E-state index is 0.106. The van der Waals surface area contributed by atoms with Crippen LogP contribution in [0.15, 0.2) is 35.1 Å². The van der Waals surface area contributed by atoms with Crippen LogP contribution in [0.5, 0.6) is 5.75 Å². The van der Waals surface area contributed by atoms with Crippen molar-refractivity contribution in [3.63, 3.8) is 0 Å². The zero-order chi connectivity index (χ0) is 22.8. The molecule has 176 valence electrons. The van der Waals surface area contributed by atoms with Gasteiger partial charge in [0.15, 0.2) is 15.5 Å². The number of para-hydroxylation sites is 1. The summed E-state index contributed by atoms with van der Waals surface area (Å²) in [5, 5.41) is 11.6. The summed E-state index contributed by atoms with van der Waals surface area (Å²) >= 11 is 1.42. The zero-order valence-electron chi connectivity index (χ0n) is 18.7. The topological polar surface area (TPSA) is 93.0 Å². The van der Waals surface area contributed by atoms with Crippen LogP contribution in [0.3, 0.4) is 0 Å². The Labute approximate surface area is 196 Å². The maximum Gasteiger partial charge on any atom is 0.280 e. The van der Waals surface area contributed by atoms with Gasteiger partial charge in [0.1, 0.15) is 24.3 Å². The van der Waals surface area contributed by atoms with E-state index in [4.69, 9.17) is 14.5 Å². The van der Waals surface area contributed by atoms with Crippen molar-refractivity contribution < 1.29 is 14.6 Å². The molecule has 0 aliphatic carbocycles. The van der Waals surface area contributed by atoms with Gasteiger partial charge in [-0.05, 0) is 25.0 Å². The molecule has 10 heteroatoms. The number of hydrogen-bond donors (Lipinski definition) is 1. The lowest BCUT2D eigenvalue weighted by Gasteiger charge is -2.28. The van der Waals surface area contributed by atoms with Gasteiger partial charge < -0.3 is 19.5 Å². The van der Waals surface area contributed by atoms with Gasteiger partial charge in [-0.2, -0.15) is 0 Å². The quantitative estimate of drug-likeness (QED) is 0.556. The second-order valence-electron chi connectivity index (χ2n) is 8.53. The fourth-order valence-electron chi connectivity index (χ4n) is 4.45. The Kier molecular flexibility index (Phi) is 6.59. The summed E-state index contributed by atoms with van der Waals surface area (Å²) in [5.41, 5.74) is 0.262. The first-order valence-corrected chi connectivity index (χ1v) is 12.2. The molecule has 2 atom stereocenters. The maximum absolute atomic E-state index is 13.0. The van der Waals surface area contributed by atoms with Gasteiger partial charge in [-0.3, -0.25) is 14.3 Å². The summed E-state index contributed by atoms with van der Waals surface area (Å²) in [6.45, 7) is 4.68. The van der Waals surface area contributed by atoms with E-state index in [0.29, 0.717) is 30.1 Å². The van der Waals surface area contributed by atoms with E-state index in [1.54, 1.807) is 11.6 Å². The lowest BCUT2D eigenvalue weighted by atomic mass is 10.1. The SMILES string of the molecule is Cn1c(CN2CCOCC2)nc2sc(N3CCC[C@@H]3C(O)COc3ccccc3)nc2c1=O. The van der Waals surface area contributed by atoms with Crippen LogP contribution in [-0.4, -0.2) is 76.1 Å². The molecule has 1 N–H and O–H groups in total. The number of nitrogens with zero attached hydrogens (tertiary/aromatic N) is 5. The number of thiazole rings is 1. The molecule has 0 amide bonds. The van der Waals surface area contributed by atoms with E-state index in [2.05, 4.69) is 14.8 Å². The summed E-state index contributed by atoms with van der Waals surface area (Å²) in [6, 6.07) is 9.40. The third-order valence-electron chi connectivity index (χ3n) is 6.34. The minimum atomic E-state index is -0.660. The highest BCUT2D eigenvalue weighted by molar-refractivity contribution is 7.21. The molecule has 1 aromatic carbocycles. The van der Waals surface area contributed by atoms with Crippen LogP contribution in [-0.2, 0) is 18.3 Å². The van der Waals surface area contributed by atoms with Gasteiger partial charge in [-0.15, -0.1) is 0 Å². The normalized spacial score (nSPS) is 20.4. The molecule has 2 aromatic heterocycles. The molecule has 2 aliphatic rings. The van der Waals surface area contributed by atoms with Gasteiger partial charge in [-0.1, -0.05) is 29.5 Å². The number of hydrogen-bond acceptors (Lipinski definition) is 9. The van der Waals surface area contributed by atoms with E-state index >= 15 is 0 Å². The number of benzene rings is 1. The van der Waals surface area contributed by atoms with Crippen LogP contribution in [0, 0.1) is 0 Å². The molecule has 3 aromatic rings. The number of anilines is 1. The molecular formula is C23H29N5O4S. The molecule has 4 heterocycles. The number of aliphatic hydroxyl groups is 1. The van der Waals surface area contributed by atoms with Crippen LogP contribution in [0.2, 0.25) is 0 Å². The number of fused-ring (bicyclic) bond motifs is 1. The van der Waals surface area contributed by atoms with Crippen molar-refractivity contribution in [2.75, 3.05) is 44.4 Å². The summed E-state index contributed by atoms with van der Waals surface area (Å²) in [6.07, 6.45) is 1.15. The van der Waals surface area contributed by atoms with Crippen molar-refractivity contribution in [1.29, 1.82) is 0 Å². The van der Waals surface area contributed by atoms with E-state index in [1.165, 1.54) is 11.3 Å². The molecule has 5 rings (SSSR count). The number of morpholine rings is 1. The average Bonchev–Trinajstić information content (AvgIpc) is 3.49. The fourth-order valence-corrected chi connectivity index (χ4v) is 5.48. The van der Waals surface area contributed by atoms with E-state index < -0.39 is 6.10 Å². The second-order valence-corrected chi connectivity index (χ2v) is 9.48. The van der Waals surface area contributed by atoms with Gasteiger partial charge in [-0.25, -0.2) is 9.97 Å². The Morgan fingerprint density at radius 2 is 2.00 bits per heavy atom. The third-order valence-corrected chi connectivity index (χ3v) is 7.33. The summed E-state index contributed by atoms with van der Waals surface area (Å²) in [4.78, 5) is 27.5. The van der Waals surface area contributed by atoms with Gasteiger partial charge in [0, 0.05) is 26.7 Å². The van der Waals surface area contributed by atoms with Crippen molar-refractivity contribution in [2.24, 2.45) is 7.05 Å². The van der Waals surface area contributed by atoms with Crippen molar-refractivity contribution in [3.05, 3.63) is 46.5 Å². The number of rotatable bonds is 7. The first-order valence-electron chi connectivity index (χ1n) is 11.4. The molecular weight excluding hydrogens is 442 g/mol. The van der Waals surface area contributed by atoms with E-state index in [0.717, 1.165) is 49.2 Å². The first-order chi connectivity index (χ1) is 16.1. The standard InChI is InChI=1S/C23H29N5O4S/c1-26-19(14-27-10-12-31-13-11-27)24-21-20(22(26)30)25-23(33-21)28-9-5-8-17(28)18(29)15-32-16-6-3-2-4-7-16/h2-4,6-7,17-18,29H,5,8-15H2,1H3/t17-,18?/m1/s1.